The fourth-order valence-corrected chi connectivity index (χ4v) is 2.84. The van der Waals surface area contributed by atoms with Crippen LogP contribution in [0.5, 0.6) is 0 Å². The minimum absolute atomic E-state index is 0.0663. The lowest BCUT2D eigenvalue weighted by Crippen LogP contribution is -2.30. The highest BCUT2D eigenvalue weighted by Gasteiger charge is 2.32. The van der Waals surface area contributed by atoms with E-state index in [0.717, 1.165) is 12.8 Å². The van der Waals surface area contributed by atoms with Gasteiger partial charge in [0.1, 0.15) is 0 Å². The molecular weight excluding hydrogens is 230 g/mol. The number of nitrogens with zero attached hydrogens (tertiary/aromatic N) is 1. The molecular formula is C18H23N. The summed E-state index contributed by atoms with van der Waals surface area (Å²) in [6.45, 7) is 8.44. The lowest BCUT2D eigenvalue weighted by Gasteiger charge is -2.32. The number of hydrogen-bond donors (Lipinski definition) is 0. The summed E-state index contributed by atoms with van der Waals surface area (Å²) < 4.78 is 0. The molecule has 2 rings (SSSR count). The lowest BCUT2D eigenvalue weighted by molar-refractivity contribution is 0.378. The van der Waals surface area contributed by atoms with Crippen molar-refractivity contribution in [2.45, 2.75) is 26.7 Å². The lowest BCUT2D eigenvalue weighted by atomic mass is 9.73. The summed E-state index contributed by atoms with van der Waals surface area (Å²) in [4.78, 5) is 4.53. The molecule has 1 atom stereocenters. The van der Waals surface area contributed by atoms with Crippen LogP contribution in [0.3, 0.4) is 0 Å². The molecule has 0 aliphatic heterocycles. The van der Waals surface area contributed by atoms with Gasteiger partial charge in [0, 0.05) is 18.2 Å². The van der Waals surface area contributed by atoms with Crippen LogP contribution in [0.1, 0.15) is 26.7 Å². The van der Waals surface area contributed by atoms with Crippen LogP contribution in [0.15, 0.2) is 41.9 Å². The predicted octanol–water partition coefficient (Wildman–Crippen LogP) is 2.94. The second-order valence-electron chi connectivity index (χ2n) is 5.74. The quantitative estimate of drug-likeness (QED) is 0.734. The number of aliphatic imine (C=N–C) groups is 1. The van der Waals surface area contributed by atoms with Crippen molar-refractivity contribution >= 4 is 17.9 Å². The van der Waals surface area contributed by atoms with E-state index in [1.165, 1.54) is 16.1 Å². The van der Waals surface area contributed by atoms with Crippen molar-refractivity contribution < 1.29 is 0 Å². The van der Waals surface area contributed by atoms with Crippen LogP contribution in [0, 0.1) is 11.3 Å². The molecule has 0 bridgehead atoms. The molecule has 1 nitrogen and oxygen atoms in total. The Labute approximate surface area is 116 Å². The monoisotopic (exact) mass is 253 g/mol. The van der Waals surface area contributed by atoms with Crippen LogP contribution in [-0.2, 0) is 0 Å². The van der Waals surface area contributed by atoms with Crippen LogP contribution >= 0.6 is 0 Å². The molecule has 0 fully saturated rings. The molecule has 1 heteroatoms. The molecule has 0 saturated heterocycles. The molecule has 1 aromatic carbocycles. The Morgan fingerprint density at radius 3 is 2.58 bits per heavy atom. The average Bonchev–Trinajstić information content (AvgIpc) is 2.51. The molecule has 0 radical (unpaired) electrons. The van der Waals surface area contributed by atoms with E-state index in [4.69, 9.17) is 0 Å². The Balaban J connectivity index is 2.62. The second kappa shape index (κ2) is 5.56. The van der Waals surface area contributed by atoms with Gasteiger partial charge in [-0.05, 0) is 35.3 Å². The molecule has 0 heterocycles. The topological polar surface area (TPSA) is 12.4 Å². The fraction of sp³-hybridized carbons (Fsp3) is 0.389. The summed E-state index contributed by atoms with van der Waals surface area (Å²) in [5, 5.41) is 2.60. The van der Waals surface area contributed by atoms with E-state index in [-0.39, 0.29) is 5.41 Å². The summed E-state index contributed by atoms with van der Waals surface area (Å²) in [6, 6.07) is 8.56. The Morgan fingerprint density at radius 2 is 1.95 bits per heavy atom. The SMILES string of the molecule is C=CCCC1C=c2ccccc2=CC(=NC)C1(C)C. The highest BCUT2D eigenvalue weighted by molar-refractivity contribution is 6.14. The normalized spacial score (nSPS) is 22.9. The van der Waals surface area contributed by atoms with E-state index in [2.05, 4.69) is 61.8 Å². The highest BCUT2D eigenvalue weighted by Crippen LogP contribution is 2.34. The maximum absolute atomic E-state index is 4.53. The smallest absolute Gasteiger partial charge is 0.0413 e. The Bertz CT molecular complexity index is 605. The van der Waals surface area contributed by atoms with Gasteiger partial charge < -0.3 is 0 Å². The van der Waals surface area contributed by atoms with Gasteiger partial charge in [0.15, 0.2) is 0 Å². The van der Waals surface area contributed by atoms with E-state index in [1.807, 2.05) is 13.1 Å². The van der Waals surface area contributed by atoms with Crippen molar-refractivity contribution in [2.24, 2.45) is 16.3 Å². The largest absolute Gasteiger partial charge is 0.292 e. The molecule has 1 aliphatic rings. The number of rotatable bonds is 3. The Hall–Kier alpha value is -1.63. The van der Waals surface area contributed by atoms with Crippen LogP contribution in [0.4, 0.5) is 0 Å². The summed E-state index contributed by atoms with van der Waals surface area (Å²) in [6.07, 6.45) is 8.82. The van der Waals surface area contributed by atoms with Crippen LogP contribution in [0.25, 0.3) is 12.2 Å². The molecule has 100 valence electrons. The van der Waals surface area contributed by atoms with Gasteiger partial charge in [-0.3, -0.25) is 4.99 Å². The molecule has 0 amide bonds. The molecule has 1 aromatic rings. The molecule has 19 heavy (non-hydrogen) atoms. The summed E-state index contributed by atoms with van der Waals surface area (Å²) in [5.74, 6) is 0.490. The van der Waals surface area contributed by atoms with Crippen molar-refractivity contribution in [2.75, 3.05) is 7.05 Å². The number of hydrogen-bond acceptors (Lipinski definition) is 1. The number of allylic oxidation sites excluding steroid dienone is 1. The van der Waals surface area contributed by atoms with E-state index >= 15 is 0 Å². The zero-order valence-corrected chi connectivity index (χ0v) is 12.2. The first-order valence-electron chi connectivity index (χ1n) is 6.96. The van der Waals surface area contributed by atoms with E-state index in [1.54, 1.807) is 0 Å². The third-order valence-electron chi connectivity index (χ3n) is 4.18. The van der Waals surface area contributed by atoms with Crippen molar-refractivity contribution in [1.29, 1.82) is 0 Å². The summed E-state index contributed by atoms with van der Waals surface area (Å²) in [7, 11) is 1.89. The zero-order valence-electron chi connectivity index (χ0n) is 12.2. The van der Waals surface area contributed by atoms with Crippen molar-refractivity contribution in [3.63, 3.8) is 0 Å². The first kappa shape index (κ1) is 13.8. The van der Waals surface area contributed by atoms with Crippen LogP contribution in [0.2, 0.25) is 0 Å². The Morgan fingerprint density at radius 1 is 1.26 bits per heavy atom. The molecule has 0 saturated carbocycles. The predicted molar refractivity (Wildman–Crippen MR) is 84.7 cm³/mol. The molecule has 0 aromatic heterocycles. The number of fused-ring (bicyclic) bond motifs is 1. The molecule has 0 N–H and O–H groups in total. The standard InChI is InChI=1S/C18H23N/c1-5-6-11-16-12-14-9-7-8-10-15(14)13-17(19-4)18(16,2)3/h5,7-10,12-13,16H,1,6,11H2,2-4H3. The first-order chi connectivity index (χ1) is 9.09. The van der Waals surface area contributed by atoms with Gasteiger partial charge in [-0.2, -0.15) is 0 Å². The van der Waals surface area contributed by atoms with Crippen LogP contribution in [-0.4, -0.2) is 12.8 Å². The summed E-state index contributed by atoms with van der Waals surface area (Å²) >= 11 is 0. The van der Waals surface area contributed by atoms with Gasteiger partial charge in [0.25, 0.3) is 0 Å². The minimum atomic E-state index is 0.0663. The number of benzene rings is 1. The molecule has 1 aliphatic carbocycles. The van der Waals surface area contributed by atoms with Gasteiger partial charge in [-0.1, -0.05) is 50.3 Å². The molecule has 1 unspecified atom stereocenters. The van der Waals surface area contributed by atoms with Gasteiger partial charge in [-0.15, -0.1) is 6.58 Å². The van der Waals surface area contributed by atoms with Crippen molar-refractivity contribution in [3.8, 4) is 0 Å². The van der Waals surface area contributed by atoms with Crippen molar-refractivity contribution in [3.05, 3.63) is 47.4 Å². The van der Waals surface area contributed by atoms with E-state index in [0.29, 0.717) is 5.92 Å². The summed E-state index contributed by atoms with van der Waals surface area (Å²) in [5.41, 5.74) is 1.25. The van der Waals surface area contributed by atoms with Crippen LogP contribution < -0.4 is 10.4 Å². The minimum Gasteiger partial charge on any atom is -0.292 e. The molecule has 0 spiro atoms. The zero-order chi connectivity index (χ0) is 13.9. The van der Waals surface area contributed by atoms with Gasteiger partial charge in [-0.25, -0.2) is 0 Å². The fourth-order valence-electron chi connectivity index (χ4n) is 2.84. The maximum Gasteiger partial charge on any atom is 0.0413 e. The third-order valence-corrected chi connectivity index (χ3v) is 4.18. The Kier molecular flexibility index (Phi) is 4.04. The maximum atomic E-state index is 4.53. The third kappa shape index (κ3) is 2.70. The van der Waals surface area contributed by atoms with Gasteiger partial charge in [0.2, 0.25) is 0 Å². The average molecular weight is 253 g/mol. The van der Waals surface area contributed by atoms with Gasteiger partial charge in [0.05, 0.1) is 0 Å². The highest BCUT2D eigenvalue weighted by atomic mass is 14.7. The van der Waals surface area contributed by atoms with E-state index < -0.39 is 0 Å². The van der Waals surface area contributed by atoms with E-state index in [9.17, 15) is 0 Å². The van der Waals surface area contributed by atoms with Gasteiger partial charge >= 0.3 is 0 Å². The van der Waals surface area contributed by atoms with Crippen molar-refractivity contribution in [1.82, 2.24) is 0 Å². The first-order valence-corrected chi connectivity index (χ1v) is 6.96. The second-order valence-corrected chi connectivity index (χ2v) is 5.74.